The molecule has 0 fully saturated rings. The van der Waals surface area contributed by atoms with Crippen LogP contribution in [0.4, 0.5) is 5.69 Å². The van der Waals surface area contributed by atoms with Gasteiger partial charge in [0.25, 0.3) is 5.91 Å². The second kappa shape index (κ2) is 8.47. The van der Waals surface area contributed by atoms with Gasteiger partial charge in [-0.2, -0.15) is 0 Å². The van der Waals surface area contributed by atoms with Crippen molar-refractivity contribution in [2.45, 2.75) is 12.5 Å². The van der Waals surface area contributed by atoms with Crippen molar-refractivity contribution >= 4 is 11.6 Å². The molecule has 0 bridgehead atoms. The number of ether oxygens (including phenoxy) is 2. The molecule has 0 aliphatic carbocycles. The molecule has 5 rings (SSSR count). The quantitative estimate of drug-likeness (QED) is 0.370. The van der Waals surface area contributed by atoms with Gasteiger partial charge in [-0.1, -0.05) is 60.7 Å². The zero-order valence-electron chi connectivity index (χ0n) is 18.7. The van der Waals surface area contributed by atoms with Gasteiger partial charge in [0.1, 0.15) is 17.0 Å². The molecular formula is C29H25NO3. The third kappa shape index (κ3) is 3.26. The maximum atomic E-state index is 13.9. The van der Waals surface area contributed by atoms with Gasteiger partial charge < -0.3 is 9.47 Å². The van der Waals surface area contributed by atoms with Crippen molar-refractivity contribution in [2.24, 2.45) is 0 Å². The molecular weight excluding hydrogens is 410 g/mol. The lowest BCUT2D eigenvalue weighted by atomic mass is 9.76. The topological polar surface area (TPSA) is 38.8 Å². The molecule has 33 heavy (non-hydrogen) atoms. The fourth-order valence-electron chi connectivity index (χ4n) is 4.79. The maximum Gasteiger partial charge on any atom is 0.260 e. The molecule has 4 heteroatoms. The van der Waals surface area contributed by atoms with E-state index in [0.29, 0.717) is 12.2 Å². The number of para-hydroxylation sites is 1. The standard InChI is InChI=1S/C29H25NO3/c1-3-33-25-19-15-22(16-20-25)29(21-13-17-24(32-2)18-14-21)27-12-8-7-11-26(27)28(31)30(29)23-9-5-4-6-10-23/h4-20H,3H2,1-2H3. The van der Waals surface area contributed by atoms with Crippen LogP contribution in [-0.2, 0) is 5.54 Å². The van der Waals surface area contributed by atoms with Crippen molar-refractivity contribution in [3.63, 3.8) is 0 Å². The molecule has 4 aromatic rings. The lowest BCUT2D eigenvalue weighted by Gasteiger charge is -2.40. The van der Waals surface area contributed by atoms with Crippen LogP contribution in [0.15, 0.2) is 103 Å². The number of anilines is 1. The monoisotopic (exact) mass is 435 g/mol. The first kappa shape index (κ1) is 20.8. The number of rotatable bonds is 6. The normalized spacial score (nSPS) is 17.0. The Morgan fingerprint density at radius 2 is 1.30 bits per heavy atom. The first-order valence-corrected chi connectivity index (χ1v) is 11.1. The maximum absolute atomic E-state index is 13.9. The lowest BCUT2D eigenvalue weighted by Crippen LogP contribution is -2.46. The number of carbonyl (C=O) groups excluding carboxylic acids is 1. The van der Waals surface area contributed by atoms with E-state index in [4.69, 9.17) is 9.47 Å². The van der Waals surface area contributed by atoms with Crippen molar-refractivity contribution in [1.82, 2.24) is 0 Å². The van der Waals surface area contributed by atoms with Gasteiger partial charge >= 0.3 is 0 Å². The molecule has 4 aromatic carbocycles. The highest BCUT2D eigenvalue weighted by molar-refractivity contribution is 6.13. The number of hydrogen-bond acceptors (Lipinski definition) is 3. The molecule has 1 heterocycles. The van der Waals surface area contributed by atoms with Gasteiger partial charge in [0.2, 0.25) is 0 Å². The number of benzene rings is 4. The fraction of sp³-hybridized carbons (Fsp3) is 0.138. The Morgan fingerprint density at radius 1 is 0.727 bits per heavy atom. The number of nitrogens with zero attached hydrogens (tertiary/aromatic N) is 1. The van der Waals surface area contributed by atoms with Gasteiger partial charge in [-0.25, -0.2) is 0 Å². The highest BCUT2D eigenvalue weighted by Crippen LogP contribution is 2.51. The van der Waals surface area contributed by atoms with Gasteiger partial charge in [0.15, 0.2) is 0 Å². The third-order valence-corrected chi connectivity index (χ3v) is 6.19. The van der Waals surface area contributed by atoms with E-state index in [9.17, 15) is 4.79 Å². The first-order valence-electron chi connectivity index (χ1n) is 11.1. The number of methoxy groups -OCH3 is 1. The summed E-state index contributed by atoms with van der Waals surface area (Å²) in [5.74, 6) is 1.54. The van der Waals surface area contributed by atoms with Crippen LogP contribution in [0.5, 0.6) is 11.5 Å². The van der Waals surface area contributed by atoms with Crippen LogP contribution in [0.1, 0.15) is 34.0 Å². The minimum atomic E-state index is -0.841. The zero-order chi connectivity index (χ0) is 22.8. The fourth-order valence-corrected chi connectivity index (χ4v) is 4.79. The molecule has 1 aliphatic rings. The van der Waals surface area contributed by atoms with Crippen LogP contribution in [-0.4, -0.2) is 19.6 Å². The predicted molar refractivity (Wildman–Crippen MR) is 130 cm³/mol. The molecule has 1 amide bonds. The highest BCUT2D eigenvalue weighted by Gasteiger charge is 2.52. The number of amides is 1. The summed E-state index contributed by atoms with van der Waals surface area (Å²) in [5.41, 5.74) is 3.61. The van der Waals surface area contributed by atoms with Crippen molar-refractivity contribution < 1.29 is 14.3 Å². The average molecular weight is 436 g/mol. The molecule has 1 unspecified atom stereocenters. The summed E-state index contributed by atoms with van der Waals surface area (Å²) in [4.78, 5) is 15.8. The summed E-state index contributed by atoms with van der Waals surface area (Å²) >= 11 is 0. The Labute approximate surface area is 194 Å². The van der Waals surface area contributed by atoms with Gasteiger partial charge in [-0.3, -0.25) is 9.69 Å². The van der Waals surface area contributed by atoms with E-state index in [1.807, 2.05) is 96.8 Å². The molecule has 0 spiro atoms. The van der Waals surface area contributed by atoms with Crippen LogP contribution >= 0.6 is 0 Å². The second-order valence-corrected chi connectivity index (χ2v) is 7.92. The van der Waals surface area contributed by atoms with Gasteiger partial charge in [0.05, 0.1) is 13.7 Å². The summed E-state index contributed by atoms with van der Waals surface area (Å²) in [5, 5.41) is 0. The van der Waals surface area contributed by atoms with E-state index in [1.165, 1.54) is 0 Å². The van der Waals surface area contributed by atoms with Gasteiger partial charge in [-0.05, 0) is 66.1 Å². The van der Waals surface area contributed by atoms with Gasteiger partial charge in [-0.15, -0.1) is 0 Å². The summed E-state index contributed by atoms with van der Waals surface area (Å²) < 4.78 is 11.1. The highest BCUT2D eigenvalue weighted by atomic mass is 16.5. The number of hydrogen-bond donors (Lipinski definition) is 0. The number of fused-ring (bicyclic) bond motifs is 1. The molecule has 0 N–H and O–H groups in total. The van der Waals surface area contributed by atoms with Gasteiger partial charge in [0, 0.05) is 11.3 Å². The van der Waals surface area contributed by atoms with Crippen LogP contribution in [0.2, 0.25) is 0 Å². The molecule has 1 aliphatic heterocycles. The predicted octanol–water partition coefficient (Wildman–Crippen LogP) is 6.05. The Balaban J connectivity index is 1.84. The molecule has 4 nitrogen and oxygen atoms in total. The SMILES string of the molecule is CCOc1ccc(C2(c3ccc(OC)cc3)c3ccccc3C(=O)N2c2ccccc2)cc1. The molecule has 1 atom stereocenters. The van der Waals surface area contributed by atoms with Crippen molar-refractivity contribution in [1.29, 1.82) is 0 Å². The molecule has 0 radical (unpaired) electrons. The molecule has 0 saturated heterocycles. The van der Waals surface area contributed by atoms with E-state index >= 15 is 0 Å². The van der Waals surface area contributed by atoms with Crippen LogP contribution in [0, 0.1) is 0 Å². The van der Waals surface area contributed by atoms with Crippen molar-refractivity contribution in [3.8, 4) is 11.5 Å². The first-order chi connectivity index (χ1) is 16.2. The summed E-state index contributed by atoms with van der Waals surface area (Å²) in [6, 6.07) is 33.8. The molecule has 0 saturated carbocycles. The Kier molecular flexibility index (Phi) is 5.35. The van der Waals surface area contributed by atoms with E-state index < -0.39 is 5.54 Å². The average Bonchev–Trinajstić information content (AvgIpc) is 3.15. The van der Waals surface area contributed by atoms with Crippen LogP contribution in [0.3, 0.4) is 0 Å². The Bertz CT molecular complexity index is 1270. The largest absolute Gasteiger partial charge is 0.497 e. The summed E-state index contributed by atoms with van der Waals surface area (Å²) in [6.45, 7) is 2.57. The Hall–Kier alpha value is -4.05. The molecule has 0 aromatic heterocycles. The minimum Gasteiger partial charge on any atom is -0.497 e. The van der Waals surface area contributed by atoms with E-state index in [1.54, 1.807) is 7.11 Å². The Morgan fingerprint density at radius 3 is 1.91 bits per heavy atom. The second-order valence-electron chi connectivity index (χ2n) is 7.92. The van der Waals surface area contributed by atoms with Crippen LogP contribution in [0.25, 0.3) is 0 Å². The smallest absolute Gasteiger partial charge is 0.260 e. The summed E-state index contributed by atoms with van der Waals surface area (Å²) in [6.07, 6.45) is 0. The molecule has 164 valence electrons. The van der Waals surface area contributed by atoms with Crippen molar-refractivity contribution in [2.75, 3.05) is 18.6 Å². The van der Waals surface area contributed by atoms with Crippen LogP contribution < -0.4 is 14.4 Å². The van der Waals surface area contributed by atoms with E-state index in [2.05, 4.69) is 18.2 Å². The zero-order valence-corrected chi connectivity index (χ0v) is 18.7. The van der Waals surface area contributed by atoms with E-state index in [0.717, 1.165) is 33.9 Å². The van der Waals surface area contributed by atoms with Crippen molar-refractivity contribution in [3.05, 3.63) is 125 Å². The van der Waals surface area contributed by atoms with E-state index in [-0.39, 0.29) is 5.91 Å². The lowest BCUT2D eigenvalue weighted by molar-refractivity contribution is 0.0986. The third-order valence-electron chi connectivity index (χ3n) is 6.19. The number of carbonyl (C=O) groups is 1. The summed E-state index contributed by atoms with van der Waals surface area (Å²) in [7, 11) is 1.65. The minimum absolute atomic E-state index is 0.0264.